The molecule has 1 fully saturated rings. The molecule has 0 aliphatic carbocycles. The molecular formula is C17H23Cl2N5. The van der Waals surface area contributed by atoms with Crippen molar-refractivity contribution in [2.45, 2.75) is 12.6 Å². The van der Waals surface area contributed by atoms with Crippen LogP contribution in [0, 0.1) is 0 Å². The topological polar surface area (TPSA) is 44.3 Å². The Bertz CT molecular complexity index is 648. The van der Waals surface area contributed by atoms with E-state index in [0.29, 0.717) is 6.04 Å². The Morgan fingerprint density at radius 1 is 1.29 bits per heavy atom. The molecule has 0 radical (unpaired) electrons. The number of hydrogen-bond donors (Lipinski definition) is 1. The molecule has 1 aliphatic rings. The zero-order valence-corrected chi connectivity index (χ0v) is 15.5. The first kappa shape index (κ1) is 18.9. The molecule has 5 nitrogen and oxygen atoms in total. The van der Waals surface area contributed by atoms with Crippen LogP contribution in [-0.4, -0.2) is 48.6 Å². The van der Waals surface area contributed by atoms with Crippen LogP contribution in [0.1, 0.15) is 17.2 Å². The van der Waals surface area contributed by atoms with Gasteiger partial charge in [-0.1, -0.05) is 23.7 Å². The maximum Gasteiger partial charge on any atom is 0.224 e. The highest BCUT2D eigenvalue weighted by molar-refractivity contribution is 6.30. The highest BCUT2D eigenvalue weighted by atomic mass is 35.5. The van der Waals surface area contributed by atoms with Crippen LogP contribution in [0.5, 0.6) is 0 Å². The van der Waals surface area contributed by atoms with E-state index in [2.05, 4.69) is 32.3 Å². The van der Waals surface area contributed by atoms with Crippen molar-refractivity contribution in [3.8, 4) is 0 Å². The van der Waals surface area contributed by atoms with Gasteiger partial charge in [-0.3, -0.25) is 4.90 Å². The number of hydrogen-bond acceptors (Lipinski definition) is 5. The number of aromatic nitrogens is 2. The fourth-order valence-corrected chi connectivity index (χ4v) is 3.07. The summed E-state index contributed by atoms with van der Waals surface area (Å²) < 4.78 is 0. The second-order valence-electron chi connectivity index (χ2n) is 6.03. The van der Waals surface area contributed by atoms with Crippen molar-refractivity contribution in [2.24, 2.45) is 0 Å². The van der Waals surface area contributed by atoms with Crippen molar-refractivity contribution in [3.63, 3.8) is 0 Å². The maximum atomic E-state index is 6.16. The average Bonchev–Trinajstić information content (AvgIpc) is 2.56. The third-order valence-corrected chi connectivity index (χ3v) is 4.30. The molecule has 1 aliphatic heterocycles. The molecule has 3 rings (SSSR count). The van der Waals surface area contributed by atoms with Crippen LogP contribution in [0.15, 0.2) is 36.7 Å². The van der Waals surface area contributed by atoms with Gasteiger partial charge in [0, 0.05) is 69.3 Å². The van der Waals surface area contributed by atoms with Gasteiger partial charge in [0.2, 0.25) is 5.95 Å². The molecule has 7 heteroatoms. The Kier molecular flexibility index (Phi) is 6.80. The van der Waals surface area contributed by atoms with Gasteiger partial charge in [0.1, 0.15) is 0 Å². The summed E-state index contributed by atoms with van der Waals surface area (Å²) in [4.78, 5) is 13.2. The molecular weight excluding hydrogens is 345 g/mol. The molecule has 1 aromatic heterocycles. The minimum absolute atomic E-state index is 0. The van der Waals surface area contributed by atoms with Crippen LogP contribution in [0.25, 0.3) is 0 Å². The Labute approximate surface area is 154 Å². The highest BCUT2D eigenvalue weighted by Crippen LogP contribution is 2.26. The monoisotopic (exact) mass is 367 g/mol. The second kappa shape index (κ2) is 8.62. The Hall–Kier alpha value is -1.40. The van der Waals surface area contributed by atoms with E-state index >= 15 is 0 Å². The van der Waals surface area contributed by atoms with Crippen LogP contribution in [0.2, 0.25) is 5.02 Å². The third kappa shape index (κ3) is 4.57. The van der Waals surface area contributed by atoms with Crippen molar-refractivity contribution < 1.29 is 0 Å². The summed E-state index contributed by atoms with van der Waals surface area (Å²) in [7, 11) is 3.89. The molecule has 2 heterocycles. The first-order valence-corrected chi connectivity index (χ1v) is 8.20. The fourth-order valence-electron chi connectivity index (χ4n) is 2.87. The summed E-state index contributed by atoms with van der Waals surface area (Å²) in [6.45, 7) is 3.75. The van der Waals surface area contributed by atoms with E-state index in [1.807, 2.05) is 43.5 Å². The molecule has 1 aromatic carbocycles. The first-order chi connectivity index (χ1) is 11.1. The summed E-state index contributed by atoms with van der Waals surface area (Å²) in [6, 6.07) is 8.44. The number of halogens is 2. The summed E-state index contributed by atoms with van der Waals surface area (Å²) in [5.74, 6) is 0.737. The van der Waals surface area contributed by atoms with E-state index in [-0.39, 0.29) is 12.4 Å². The smallest absolute Gasteiger partial charge is 0.224 e. The molecule has 1 unspecified atom stereocenters. The zero-order valence-electron chi connectivity index (χ0n) is 13.9. The third-order valence-electron chi connectivity index (χ3n) is 4.07. The van der Waals surface area contributed by atoms with Crippen LogP contribution in [0.4, 0.5) is 5.95 Å². The lowest BCUT2D eigenvalue weighted by atomic mass is 10.0. The van der Waals surface area contributed by atoms with Crippen LogP contribution in [0.3, 0.4) is 0 Å². The Balaban J connectivity index is 0.00000208. The minimum Gasteiger partial charge on any atom is -0.347 e. The van der Waals surface area contributed by atoms with Crippen LogP contribution in [-0.2, 0) is 6.54 Å². The molecule has 0 spiro atoms. The normalized spacial score (nSPS) is 18.0. The lowest BCUT2D eigenvalue weighted by Gasteiger charge is -2.36. The Morgan fingerprint density at radius 3 is 2.71 bits per heavy atom. The lowest BCUT2D eigenvalue weighted by Crippen LogP contribution is -2.45. The molecule has 0 bridgehead atoms. The molecule has 1 saturated heterocycles. The van der Waals surface area contributed by atoms with Gasteiger partial charge in [0.15, 0.2) is 0 Å². The maximum absolute atomic E-state index is 6.16. The van der Waals surface area contributed by atoms with Gasteiger partial charge in [0.25, 0.3) is 0 Å². The number of piperazine rings is 1. The summed E-state index contributed by atoms with van der Waals surface area (Å²) in [5, 5.41) is 4.25. The lowest BCUT2D eigenvalue weighted by molar-refractivity contribution is 0.153. The fraction of sp³-hybridized carbons (Fsp3) is 0.412. The van der Waals surface area contributed by atoms with Crippen molar-refractivity contribution >= 4 is 30.0 Å². The van der Waals surface area contributed by atoms with Crippen molar-refractivity contribution in [3.05, 3.63) is 52.8 Å². The van der Waals surface area contributed by atoms with E-state index in [1.165, 1.54) is 5.56 Å². The van der Waals surface area contributed by atoms with E-state index in [1.54, 1.807) is 0 Å². The largest absolute Gasteiger partial charge is 0.347 e. The van der Waals surface area contributed by atoms with E-state index in [4.69, 9.17) is 11.6 Å². The highest BCUT2D eigenvalue weighted by Gasteiger charge is 2.24. The minimum atomic E-state index is 0. The van der Waals surface area contributed by atoms with Crippen molar-refractivity contribution in [1.29, 1.82) is 0 Å². The van der Waals surface area contributed by atoms with Gasteiger partial charge in [-0.2, -0.15) is 0 Å². The number of benzene rings is 1. The number of anilines is 1. The van der Waals surface area contributed by atoms with Crippen molar-refractivity contribution in [2.75, 3.05) is 38.6 Å². The van der Waals surface area contributed by atoms with Gasteiger partial charge < -0.3 is 10.2 Å². The van der Waals surface area contributed by atoms with Crippen LogP contribution < -0.4 is 10.2 Å². The molecule has 2 aromatic rings. The Morgan fingerprint density at radius 2 is 2.04 bits per heavy atom. The summed E-state index contributed by atoms with van der Waals surface area (Å²) >= 11 is 6.16. The first-order valence-electron chi connectivity index (χ1n) is 7.82. The summed E-state index contributed by atoms with van der Waals surface area (Å²) in [5.41, 5.74) is 2.38. The number of rotatable bonds is 4. The standard InChI is InChI=1S/C17H22ClN5.ClH/c1-22(2)17-20-9-13(10-21-17)12-23-7-6-19-11-16(23)14-4-3-5-15(18)8-14;/h3-5,8-10,16,19H,6-7,11-12H2,1-2H3;1H. The SMILES string of the molecule is CN(C)c1ncc(CN2CCNCC2c2cccc(Cl)c2)cn1.Cl. The van der Waals surface area contributed by atoms with Gasteiger partial charge in [-0.25, -0.2) is 9.97 Å². The molecule has 0 amide bonds. The molecule has 1 N–H and O–H groups in total. The van der Waals surface area contributed by atoms with Crippen LogP contribution >= 0.6 is 24.0 Å². The van der Waals surface area contributed by atoms with Crippen molar-refractivity contribution in [1.82, 2.24) is 20.2 Å². The van der Waals surface area contributed by atoms with Gasteiger partial charge in [-0.15, -0.1) is 12.4 Å². The average molecular weight is 368 g/mol. The molecule has 24 heavy (non-hydrogen) atoms. The van der Waals surface area contributed by atoms with Gasteiger partial charge in [0.05, 0.1) is 0 Å². The molecule has 0 saturated carbocycles. The second-order valence-corrected chi connectivity index (χ2v) is 6.47. The van der Waals surface area contributed by atoms with Gasteiger partial charge in [-0.05, 0) is 17.7 Å². The zero-order chi connectivity index (χ0) is 16.2. The van der Waals surface area contributed by atoms with Gasteiger partial charge >= 0.3 is 0 Å². The number of nitrogens with one attached hydrogen (secondary N) is 1. The molecule has 1 atom stereocenters. The quantitative estimate of drug-likeness (QED) is 0.899. The van der Waals surface area contributed by atoms with E-state index < -0.39 is 0 Å². The number of nitrogens with zero attached hydrogens (tertiary/aromatic N) is 4. The predicted octanol–water partition coefficient (Wildman–Crippen LogP) is 2.76. The predicted molar refractivity (Wildman–Crippen MR) is 101 cm³/mol. The van der Waals surface area contributed by atoms with E-state index in [9.17, 15) is 0 Å². The summed E-state index contributed by atoms with van der Waals surface area (Å²) in [6.07, 6.45) is 3.83. The van der Waals surface area contributed by atoms with E-state index in [0.717, 1.165) is 42.7 Å². The molecule has 130 valence electrons.